The highest BCUT2D eigenvalue weighted by molar-refractivity contribution is 7.15. The van der Waals surface area contributed by atoms with Crippen molar-refractivity contribution < 1.29 is 4.79 Å². The molecule has 1 amide bonds. The summed E-state index contributed by atoms with van der Waals surface area (Å²) < 4.78 is 0. The van der Waals surface area contributed by atoms with E-state index in [9.17, 15) is 4.79 Å². The third kappa shape index (κ3) is 4.75. The van der Waals surface area contributed by atoms with E-state index in [-0.39, 0.29) is 36.1 Å². The first-order valence-corrected chi connectivity index (χ1v) is 9.11. The Morgan fingerprint density at radius 2 is 1.79 bits per heavy atom. The summed E-state index contributed by atoms with van der Waals surface area (Å²) in [7, 11) is 0. The van der Waals surface area contributed by atoms with Gasteiger partial charge in [0, 0.05) is 43.8 Å². The smallest absolute Gasteiger partial charge is 0.230 e. The fourth-order valence-electron chi connectivity index (χ4n) is 2.97. The second-order valence-corrected chi connectivity index (χ2v) is 7.03. The first kappa shape index (κ1) is 23.4. The second kappa shape index (κ2) is 10.4. The lowest BCUT2D eigenvalue weighted by Crippen LogP contribution is -2.54. The average molecular weight is 397 g/mol. The SMILES string of the molecule is CCc1cnc(N2CCN(C(=O)C(CC)(CC)CN)CC2)s1.Cl.Cl. The molecule has 24 heavy (non-hydrogen) atoms. The maximum Gasteiger partial charge on any atom is 0.230 e. The van der Waals surface area contributed by atoms with Gasteiger partial charge in [0.15, 0.2) is 5.13 Å². The van der Waals surface area contributed by atoms with Crippen LogP contribution in [0.5, 0.6) is 0 Å². The van der Waals surface area contributed by atoms with Crippen LogP contribution in [0.4, 0.5) is 5.13 Å². The molecule has 2 heterocycles. The zero-order chi connectivity index (χ0) is 16.2. The number of anilines is 1. The Hall–Kier alpha value is -0.560. The molecule has 8 heteroatoms. The summed E-state index contributed by atoms with van der Waals surface area (Å²) in [6, 6.07) is 0. The molecule has 0 spiro atoms. The van der Waals surface area contributed by atoms with E-state index in [1.807, 2.05) is 11.1 Å². The van der Waals surface area contributed by atoms with E-state index >= 15 is 0 Å². The standard InChI is InChI=1S/C16H28N4OS.2ClH/c1-4-13-11-18-15(22-13)20-9-7-19(8-10-20)14(21)16(5-2,6-3)12-17;;/h11H,4-10,12,17H2,1-3H3;2*1H. The molecule has 0 saturated carbocycles. The van der Waals surface area contributed by atoms with E-state index in [2.05, 4.69) is 30.7 Å². The van der Waals surface area contributed by atoms with Gasteiger partial charge >= 0.3 is 0 Å². The van der Waals surface area contributed by atoms with E-state index in [0.717, 1.165) is 50.6 Å². The van der Waals surface area contributed by atoms with Gasteiger partial charge < -0.3 is 15.5 Å². The van der Waals surface area contributed by atoms with Crippen LogP contribution in [0.15, 0.2) is 6.20 Å². The van der Waals surface area contributed by atoms with Crippen LogP contribution in [0, 0.1) is 5.41 Å². The minimum atomic E-state index is -0.376. The molecular weight excluding hydrogens is 367 g/mol. The van der Waals surface area contributed by atoms with E-state index in [1.165, 1.54) is 4.88 Å². The van der Waals surface area contributed by atoms with Crippen molar-refractivity contribution in [1.29, 1.82) is 0 Å². The highest BCUT2D eigenvalue weighted by atomic mass is 35.5. The lowest BCUT2D eigenvalue weighted by atomic mass is 9.81. The van der Waals surface area contributed by atoms with E-state index in [4.69, 9.17) is 5.73 Å². The van der Waals surface area contributed by atoms with Crippen LogP contribution < -0.4 is 10.6 Å². The largest absolute Gasteiger partial charge is 0.345 e. The first-order valence-electron chi connectivity index (χ1n) is 8.29. The number of nitrogens with two attached hydrogens (primary N) is 1. The number of carbonyl (C=O) groups is 1. The van der Waals surface area contributed by atoms with E-state index in [0.29, 0.717) is 6.54 Å². The van der Waals surface area contributed by atoms with Crippen LogP contribution in [-0.4, -0.2) is 48.5 Å². The predicted molar refractivity (Wildman–Crippen MR) is 107 cm³/mol. The molecule has 0 unspecified atom stereocenters. The molecule has 0 radical (unpaired) electrons. The van der Waals surface area contributed by atoms with Gasteiger partial charge in [0.25, 0.3) is 0 Å². The molecule has 0 atom stereocenters. The summed E-state index contributed by atoms with van der Waals surface area (Å²) in [6.07, 6.45) is 4.62. The predicted octanol–water partition coefficient (Wildman–Crippen LogP) is 2.96. The summed E-state index contributed by atoms with van der Waals surface area (Å²) in [5.74, 6) is 0.230. The minimum absolute atomic E-state index is 0. The molecule has 1 aromatic rings. The summed E-state index contributed by atoms with van der Waals surface area (Å²) >= 11 is 1.76. The Kier molecular flexibility index (Phi) is 10.2. The lowest BCUT2D eigenvalue weighted by molar-refractivity contribution is -0.142. The Morgan fingerprint density at radius 1 is 1.21 bits per heavy atom. The zero-order valence-electron chi connectivity index (χ0n) is 14.8. The third-order valence-corrected chi connectivity index (χ3v) is 6.13. The molecular formula is C16H30Cl2N4OS. The Bertz CT molecular complexity index is 492. The quantitative estimate of drug-likeness (QED) is 0.802. The maximum atomic E-state index is 12.8. The maximum absolute atomic E-state index is 12.8. The van der Waals surface area contributed by atoms with Gasteiger partial charge in [-0.15, -0.1) is 36.2 Å². The lowest BCUT2D eigenvalue weighted by Gasteiger charge is -2.40. The summed E-state index contributed by atoms with van der Waals surface area (Å²) in [6.45, 7) is 9.95. The first-order chi connectivity index (χ1) is 10.6. The molecule has 0 bridgehead atoms. The van der Waals surface area contributed by atoms with Gasteiger partial charge in [-0.2, -0.15) is 0 Å². The number of piperazine rings is 1. The van der Waals surface area contributed by atoms with Crippen LogP contribution in [0.2, 0.25) is 0 Å². The van der Waals surface area contributed by atoms with Gasteiger partial charge in [-0.1, -0.05) is 20.8 Å². The van der Waals surface area contributed by atoms with Crippen molar-refractivity contribution in [3.8, 4) is 0 Å². The highest BCUT2D eigenvalue weighted by Gasteiger charge is 2.37. The minimum Gasteiger partial charge on any atom is -0.345 e. The van der Waals surface area contributed by atoms with Crippen LogP contribution >= 0.6 is 36.2 Å². The van der Waals surface area contributed by atoms with Crippen molar-refractivity contribution in [2.45, 2.75) is 40.0 Å². The fourth-order valence-corrected chi connectivity index (χ4v) is 3.87. The van der Waals surface area contributed by atoms with E-state index < -0.39 is 0 Å². The molecule has 1 aliphatic heterocycles. The molecule has 0 aromatic carbocycles. The van der Waals surface area contributed by atoms with Gasteiger partial charge in [0.05, 0.1) is 5.41 Å². The molecule has 2 rings (SSSR count). The summed E-state index contributed by atoms with van der Waals surface area (Å²) in [5.41, 5.74) is 5.53. The van der Waals surface area contributed by atoms with E-state index in [1.54, 1.807) is 11.3 Å². The van der Waals surface area contributed by atoms with Gasteiger partial charge in [-0.25, -0.2) is 4.98 Å². The molecule has 2 N–H and O–H groups in total. The zero-order valence-corrected chi connectivity index (χ0v) is 17.2. The molecule has 1 fully saturated rings. The fraction of sp³-hybridized carbons (Fsp3) is 0.750. The molecule has 1 aliphatic rings. The molecule has 5 nitrogen and oxygen atoms in total. The number of thiazole rings is 1. The second-order valence-electron chi connectivity index (χ2n) is 5.93. The van der Waals surface area contributed by atoms with Crippen LogP contribution in [0.25, 0.3) is 0 Å². The van der Waals surface area contributed by atoms with Crippen molar-refractivity contribution >= 4 is 47.2 Å². The van der Waals surface area contributed by atoms with Gasteiger partial charge in [-0.05, 0) is 19.3 Å². The summed E-state index contributed by atoms with van der Waals surface area (Å²) in [4.78, 5) is 22.9. The number of aromatic nitrogens is 1. The Labute approximate surface area is 161 Å². The van der Waals surface area contributed by atoms with Crippen molar-refractivity contribution in [3.63, 3.8) is 0 Å². The van der Waals surface area contributed by atoms with Gasteiger partial charge in [-0.3, -0.25) is 4.79 Å². The van der Waals surface area contributed by atoms with Crippen LogP contribution in [0.3, 0.4) is 0 Å². The molecule has 1 saturated heterocycles. The van der Waals surface area contributed by atoms with Crippen molar-refractivity contribution in [1.82, 2.24) is 9.88 Å². The number of aryl methyl sites for hydroxylation is 1. The van der Waals surface area contributed by atoms with Crippen molar-refractivity contribution in [3.05, 3.63) is 11.1 Å². The number of carbonyl (C=O) groups excluding carboxylic acids is 1. The topological polar surface area (TPSA) is 62.5 Å². The Balaban J connectivity index is 0.00000264. The van der Waals surface area contributed by atoms with Crippen molar-refractivity contribution in [2.24, 2.45) is 11.1 Å². The van der Waals surface area contributed by atoms with Crippen molar-refractivity contribution in [2.75, 3.05) is 37.6 Å². The third-order valence-electron chi connectivity index (χ3n) is 4.93. The monoisotopic (exact) mass is 396 g/mol. The number of hydrogen-bond acceptors (Lipinski definition) is 5. The molecule has 140 valence electrons. The van der Waals surface area contributed by atoms with Gasteiger partial charge in [0.2, 0.25) is 5.91 Å². The highest BCUT2D eigenvalue weighted by Crippen LogP contribution is 2.29. The number of nitrogens with zero attached hydrogens (tertiary/aromatic N) is 3. The number of amides is 1. The van der Waals surface area contributed by atoms with Gasteiger partial charge in [0.1, 0.15) is 0 Å². The normalized spacial score (nSPS) is 14.8. The number of rotatable bonds is 6. The summed E-state index contributed by atoms with van der Waals surface area (Å²) in [5, 5.41) is 1.08. The van der Waals surface area contributed by atoms with Crippen LogP contribution in [-0.2, 0) is 11.2 Å². The molecule has 0 aliphatic carbocycles. The average Bonchev–Trinajstić information content (AvgIpc) is 3.06. The Morgan fingerprint density at radius 3 is 2.21 bits per heavy atom. The number of halogens is 2. The number of hydrogen-bond donors (Lipinski definition) is 1. The van der Waals surface area contributed by atoms with Crippen LogP contribution in [0.1, 0.15) is 38.5 Å². The molecule has 1 aromatic heterocycles.